The summed E-state index contributed by atoms with van der Waals surface area (Å²) in [7, 11) is 0. The molecule has 1 aliphatic heterocycles. The highest BCUT2D eigenvalue weighted by molar-refractivity contribution is 7.16. The molecule has 0 spiro atoms. The van der Waals surface area contributed by atoms with Crippen LogP contribution in [0.3, 0.4) is 0 Å². The number of nitro groups is 1. The van der Waals surface area contributed by atoms with Gasteiger partial charge in [0.2, 0.25) is 5.91 Å². The summed E-state index contributed by atoms with van der Waals surface area (Å²) in [6.07, 6.45) is 1.39. The number of hydrazone groups is 1. The van der Waals surface area contributed by atoms with Crippen molar-refractivity contribution in [1.82, 2.24) is 5.43 Å². The number of nitrogens with one attached hydrogen (secondary N) is 1. The monoisotopic (exact) mass is 299 g/mol. The molecule has 108 valence electrons. The van der Waals surface area contributed by atoms with Crippen LogP contribution in [0.1, 0.15) is 18.2 Å². The number of amides is 1. The van der Waals surface area contributed by atoms with Crippen LogP contribution < -0.4 is 5.43 Å². The number of hydrogen-bond acceptors (Lipinski definition) is 7. The van der Waals surface area contributed by atoms with E-state index in [0.717, 1.165) is 11.3 Å². The highest BCUT2D eigenvalue weighted by Crippen LogP contribution is 2.23. The lowest BCUT2D eigenvalue weighted by Gasteiger charge is -2.20. The smallest absolute Gasteiger partial charge is 0.324 e. The maximum absolute atomic E-state index is 11.6. The fraction of sp³-hybridized carbons (Fsp3) is 0.455. The molecule has 8 nitrogen and oxygen atoms in total. The van der Waals surface area contributed by atoms with Crippen LogP contribution in [0.25, 0.3) is 0 Å². The zero-order chi connectivity index (χ0) is 14.6. The zero-order valence-electron chi connectivity index (χ0n) is 10.7. The number of ether oxygens (including phenoxy) is 2. The van der Waals surface area contributed by atoms with Crippen molar-refractivity contribution in [3.63, 3.8) is 0 Å². The van der Waals surface area contributed by atoms with Gasteiger partial charge in [0.25, 0.3) is 0 Å². The molecule has 0 aliphatic carbocycles. The van der Waals surface area contributed by atoms with E-state index in [-0.39, 0.29) is 17.3 Å². The topological polar surface area (TPSA) is 103 Å². The highest BCUT2D eigenvalue weighted by Gasteiger charge is 2.33. The molecule has 20 heavy (non-hydrogen) atoms. The van der Waals surface area contributed by atoms with E-state index in [1.807, 2.05) is 0 Å². The molecule has 2 heterocycles. The zero-order valence-corrected chi connectivity index (χ0v) is 11.5. The summed E-state index contributed by atoms with van der Waals surface area (Å²) >= 11 is 0.976. The second kappa shape index (κ2) is 6.07. The summed E-state index contributed by atoms with van der Waals surface area (Å²) in [4.78, 5) is 22.2. The SMILES string of the molecule is CC1(CC(=O)NN=Cc2ccc([N+](=O)[O-])s2)OCCO1. The third-order valence-corrected chi connectivity index (χ3v) is 3.52. The number of hydrogen-bond donors (Lipinski definition) is 1. The summed E-state index contributed by atoms with van der Waals surface area (Å²) in [6.45, 7) is 2.61. The average Bonchev–Trinajstić information content (AvgIpc) is 2.98. The molecule has 1 amide bonds. The van der Waals surface area contributed by atoms with E-state index >= 15 is 0 Å². The molecule has 9 heteroatoms. The molecule has 0 aromatic carbocycles. The van der Waals surface area contributed by atoms with Gasteiger partial charge in [-0.05, 0) is 13.0 Å². The Balaban J connectivity index is 1.83. The van der Waals surface area contributed by atoms with Crippen molar-refractivity contribution >= 4 is 28.5 Å². The minimum atomic E-state index is -0.901. The van der Waals surface area contributed by atoms with Gasteiger partial charge in [0, 0.05) is 6.07 Å². The van der Waals surface area contributed by atoms with Crippen LogP contribution in [0, 0.1) is 10.1 Å². The Bertz CT molecular complexity index is 536. The number of nitrogens with zero attached hydrogens (tertiary/aromatic N) is 2. The lowest BCUT2D eigenvalue weighted by atomic mass is 10.2. The Morgan fingerprint density at radius 1 is 1.60 bits per heavy atom. The molecule has 1 saturated heterocycles. The predicted molar refractivity (Wildman–Crippen MR) is 71.6 cm³/mol. The van der Waals surface area contributed by atoms with E-state index in [1.54, 1.807) is 13.0 Å². The second-order valence-electron chi connectivity index (χ2n) is 4.23. The number of rotatable bonds is 5. The molecule has 0 atom stereocenters. The number of carbonyl (C=O) groups excluding carboxylic acids is 1. The molecule has 1 aromatic heterocycles. The molecular weight excluding hydrogens is 286 g/mol. The molecule has 0 bridgehead atoms. The van der Waals surface area contributed by atoms with E-state index < -0.39 is 10.7 Å². The Kier molecular flexibility index (Phi) is 4.42. The third kappa shape index (κ3) is 3.83. The van der Waals surface area contributed by atoms with E-state index in [1.165, 1.54) is 12.3 Å². The summed E-state index contributed by atoms with van der Waals surface area (Å²) < 4.78 is 10.6. The van der Waals surface area contributed by atoms with E-state index in [9.17, 15) is 14.9 Å². The van der Waals surface area contributed by atoms with Crippen LogP contribution in [0.5, 0.6) is 0 Å². The van der Waals surface area contributed by atoms with Crippen LogP contribution in [0.15, 0.2) is 17.2 Å². The molecule has 2 rings (SSSR count). The van der Waals surface area contributed by atoms with Gasteiger partial charge in [-0.1, -0.05) is 11.3 Å². The lowest BCUT2D eigenvalue weighted by Crippen LogP contribution is -2.33. The molecule has 0 radical (unpaired) electrons. The Morgan fingerprint density at radius 3 is 2.90 bits per heavy atom. The first-order chi connectivity index (χ1) is 9.48. The highest BCUT2D eigenvalue weighted by atomic mass is 32.1. The van der Waals surface area contributed by atoms with Gasteiger partial charge in [0.1, 0.15) is 0 Å². The van der Waals surface area contributed by atoms with Crippen LogP contribution in [0.2, 0.25) is 0 Å². The standard InChI is InChI=1S/C11H13N3O5S/c1-11(18-4-5-19-11)6-9(15)13-12-7-8-2-3-10(20-8)14(16)17/h2-3,7H,4-6H2,1H3,(H,13,15). The van der Waals surface area contributed by atoms with Crippen molar-refractivity contribution in [2.45, 2.75) is 19.1 Å². The average molecular weight is 299 g/mol. The first kappa shape index (κ1) is 14.6. The molecule has 0 saturated carbocycles. The van der Waals surface area contributed by atoms with Crippen molar-refractivity contribution in [3.05, 3.63) is 27.1 Å². The quantitative estimate of drug-likeness (QED) is 0.501. The maximum Gasteiger partial charge on any atom is 0.324 e. The van der Waals surface area contributed by atoms with Crippen molar-refractivity contribution in [1.29, 1.82) is 0 Å². The van der Waals surface area contributed by atoms with Gasteiger partial charge >= 0.3 is 5.00 Å². The van der Waals surface area contributed by atoms with Gasteiger partial charge in [-0.2, -0.15) is 5.10 Å². The van der Waals surface area contributed by atoms with Gasteiger partial charge < -0.3 is 9.47 Å². The molecule has 1 fully saturated rings. The summed E-state index contributed by atoms with van der Waals surface area (Å²) in [6, 6.07) is 2.94. The minimum absolute atomic E-state index is 0.0260. The van der Waals surface area contributed by atoms with Crippen molar-refractivity contribution < 1.29 is 19.2 Å². The van der Waals surface area contributed by atoms with Gasteiger partial charge in [0.05, 0.1) is 35.6 Å². The number of carbonyl (C=O) groups is 1. The molecule has 1 N–H and O–H groups in total. The van der Waals surface area contributed by atoms with Gasteiger partial charge in [-0.3, -0.25) is 14.9 Å². The second-order valence-corrected chi connectivity index (χ2v) is 5.33. The van der Waals surface area contributed by atoms with Crippen LogP contribution in [-0.2, 0) is 14.3 Å². The normalized spacial score (nSPS) is 17.4. The minimum Gasteiger partial charge on any atom is -0.347 e. The first-order valence-corrected chi connectivity index (χ1v) is 6.64. The van der Waals surface area contributed by atoms with Crippen LogP contribution in [-0.4, -0.2) is 36.0 Å². The fourth-order valence-corrected chi connectivity index (χ4v) is 2.36. The Labute approximate surface area is 118 Å². The summed E-state index contributed by atoms with van der Waals surface area (Å²) in [5, 5.41) is 14.3. The van der Waals surface area contributed by atoms with Crippen molar-refractivity contribution in [2.24, 2.45) is 5.10 Å². The molecule has 1 aliphatic rings. The fourth-order valence-electron chi connectivity index (χ4n) is 1.67. The van der Waals surface area contributed by atoms with E-state index in [2.05, 4.69) is 10.5 Å². The molecule has 0 unspecified atom stereocenters. The van der Waals surface area contributed by atoms with Crippen molar-refractivity contribution in [2.75, 3.05) is 13.2 Å². The first-order valence-electron chi connectivity index (χ1n) is 5.82. The van der Waals surface area contributed by atoms with Gasteiger partial charge in [-0.25, -0.2) is 5.43 Å². The Hall–Kier alpha value is -1.84. The van der Waals surface area contributed by atoms with Crippen LogP contribution in [0.4, 0.5) is 5.00 Å². The third-order valence-electron chi connectivity index (χ3n) is 2.55. The largest absolute Gasteiger partial charge is 0.347 e. The summed E-state index contributed by atoms with van der Waals surface area (Å²) in [5.41, 5.74) is 2.33. The van der Waals surface area contributed by atoms with Gasteiger partial charge in [0.15, 0.2) is 5.79 Å². The molecular formula is C11H13N3O5S. The van der Waals surface area contributed by atoms with Crippen molar-refractivity contribution in [3.8, 4) is 0 Å². The van der Waals surface area contributed by atoms with E-state index in [4.69, 9.17) is 9.47 Å². The van der Waals surface area contributed by atoms with Crippen LogP contribution >= 0.6 is 11.3 Å². The number of thiophene rings is 1. The lowest BCUT2D eigenvalue weighted by molar-refractivity contribution is -0.380. The molecule has 1 aromatic rings. The van der Waals surface area contributed by atoms with E-state index in [0.29, 0.717) is 18.1 Å². The summed E-state index contributed by atoms with van der Waals surface area (Å²) in [5.74, 6) is -1.25. The maximum atomic E-state index is 11.6. The predicted octanol–water partition coefficient (Wildman–Crippen LogP) is 1.26. The Morgan fingerprint density at radius 2 is 2.30 bits per heavy atom. The van der Waals surface area contributed by atoms with Gasteiger partial charge in [-0.15, -0.1) is 0 Å².